The van der Waals surface area contributed by atoms with E-state index in [2.05, 4.69) is 10.4 Å². The predicted octanol–water partition coefficient (Wildman–Crippen LogP) is 1.58. The van der Waals surface area contributed by atoms with Crippen molar-refractivity contribution in [1.82, 2.24) is 15.1 Å². The molecule has 6 heteroatoms. The molecule has 0 bridgehead atoms. The number of carbonyl (C=O) groups is 1. The van der Waals surface area contributed by atoms with Crippen molar-refractivity contribution in [2.45, 2.75) is 31.8 Å². The third-order valence-electron chi connectivity index (χ3n) is 3.58. The smallest absolute Gasteiger partial charge is 0.267 e. The van der Waals surface area contributed by atoms with E-state index in [0.29, 0.717) is 5.92 Å². The van der Waals surface area contributed by atoms with E-state index in [-0.39, 0.29) is 30.4 Å². The van der Waals surface area contributed by atoms with E-state index < -0.39 is 0 Å². The average Bonchev–Trinajstić information content (AvgIpc) is 3.34. The first-order chi connectivity index (χ1) is 10.6. The molecular weight excluding hydrogens is 285 g/mol. The zero-order valence-corrected chi connectivity index (χ0v) is 12.0. The minimum Gasteiger partial charge on any atom is -0.350 e. The fraction of sp³-hybridized carbons (Fsp3) is 0.312. The topological polar surface area (TPSA) is 64.0 Å². The zero-order chi connectivity index (χ0) is 15.5. The van der Waals surface area contributed by atoms with Gasteiger partial charge in [0.1, 0.15) is 12.4 Å². The lowest BCUT2D eigenvalue weighted by atomic mass is 10.2. The van der Waals surface area contributed by atoms with Gasteiger partial charge in [0.25, 0.3) is 5.56 Å². The maximum atomic E-state index is 12.8. The Bertz CT molecular complexity index is 736. The first-order valence-corrected chi connectivity index (χ1v) is 7.21. The highest BCUT2D eigenvalue weighted by molar-refractivity contribution is 5.75. The van der Waals surface area contributed by atoms with Crippen LogP contribution in [0.15, 0.2) is 41.2 Å². The molecule has 1 N–H and O–H groups in total. The molecule has 5 nitrogen and oxygen atoms in total. The molecule has 0 atom stereocenters. The summed E-state index contributed by atoms with van der Waals surface area (Å²) in [5.74, 6) is -0.191. The number of aromatic nitrogens is 2. The van der Waals surface area contributed by atoms with Crippen molar-refractivity contribution in [2.24, 2.45) is 0 Å². The van der Waals surface area contributed by atoms with Crippen LogP contribution in [0.1, 0.15) is 30.0 Å². The second-order valence-corrected chi connectivity index (χ2v) is 5.43. The van der Waals surface area contributed by atoms with Gasteiger partial charge in [0.15, 0.2) is 0 Å². The van der Waals surface area contributed by atoms with Crippen LogP contribution in [0.3, 0.4) is 0 Å². The Kier molecular flexibility index (Phi) is 4.00. The summed E-state index contributed by atoms with van der Waals surface area (Å²) >= 11 is 0. The first kappa shape index (κ1) is 14.4. The molecule has 1 aromatic heterocycles. The SMILES string of the molecule is O=C(Cn1nc(C2CC2)ccc1=O)NCc1ccc(F)cc1. The molecule has 1 amide bonds. The number of rotatable bonds is 5. The highest BCUT2D eigenvalue weighted by Crippen LogP contribution is 2.38. The lowest BCUT2D eigenvalue weighted by Crippen LogP contribution is -2.33. The molecule has 1 aromatic carbocycles. The first-order valence-electron chi connectivity index (χ1n) is 7.21. The van der Waals surface area contributed by atoms with Gasteiger partial charge in [-0.05, 0) is 36.6 Å². The lowest BCUT2D eigenvalue weighted by Gasteiger charge is -2.08. The Morgan fingerprint density at radius 2 is 1.95 bits per heavy atom. The molecule has 0 aliphatic heterocycles. The van der Waals surface area contributed by atoms with Crippen molar-refractivity contribution in [3.63, 3.8) is 0 Å². The Morgan fingerprint density at radius 3 is 2.64 bits per heavy atom. The number of nitrogens with one attached hydrogen (secondary N) is 1. The molecule has 1 saturated carbocycles. The van der Waals surface area contributed by atoms with E-state index in [1.165, 1.54) is 22.9 Å². The van der Waals surface area contributed by atoms with Gasteiger partial charge in [-0.3, -0.25) is 9.59 Å². The number of nitrogens with zero attached hydrogens (tertiary/aromatic N) is 2. The van der Waals surface area contributed by atoms with Crippen LogP contribution in [0.2, 0.25) is 0 Å². The van der Waals surface area contributed by atoms with Crippen LogP contribution < -0.4 is 10.9 Å². The van der Waals surface area contributed by atoms with E-state index in [1.807, 2.05) is 0 Å². The van der Waals surface area contributed by atoms with Gasteiger partial charge < -0.3 is 5.32 Å². The third kappa shape index (κ3) is 3.58. The van der Waals surface area contributed by atoms with Crippen LogP contribution in [0, 0.1) is 5.82 Å². The summed E-state index contributed by atoms with van der Waals surface area (Å²) in [5, 5.41) is 6.93. The number of halogens is 1. The van der Waals surface area contributed by atoms with Crippen molar-refractivity contribution in [2.75, 3.05) is 0 Å². The molecule has 3 rings (SSSR count). The molecule has 0 radical (unpaired) electrons. The van der Waals surface area contributed by atoms with Gasteiger partial charge in [-0.25, -0.2) is 9.07 Å². The minimum atomic E-state index is -0.317. The number of hydrogen-bond acceptors (Lipinski definition) is 3. The summed E-state index contributed by atoms with van der Waals surface area (Å²) in [7, 11) is 0. The third-order valence-corrected chi connectivity index (χ3v) is 3.58. The fourth-order valence-electron chi connectivity index (χ4n) is 2.17. The van der Waals surface area contributed by atoms with Crippen LogP contribution in [-0.2, 0) is 17.9 Å². The van der Waals surface area contributed by atoms with Crippen molar-refractivity contribution < 1.29 is 9.18 Å². The van der Waals surface area contributed by atoms with E-state index in [1.54, 1.807) is 18.2 Å². The molecule has 1 heterocycles. The highest BCUT2D eigenvalue weighted by atomic mass is 19.1. The van der Waals surface area contributed by atoms with Crippen LogP contribution in [0.25, 0.3) is 0 Å². The van der Waals surface area contributed by atoms with Crippen molar-refractivity contribution in [1.29, 1.82) is 0 Å². The van der Waals surface area contributed by atoms with Crippen molar-refractivity contribution in [3.05, 3.63) is 63.8 Å². The Balaban J connectivity index is 1.60. The molecule has 0 unspecified atom stereocenters. The molecule has 114 valence electrons. The monoisotopic (exact) mass is 301 g/mol. The molecule has 1 aliphatic rings. The van der Waals surface area contributed by atoms with E-state index >= 15 is 0 Å². The molecule has 2 aromatic rings. The fourth-order valence-corrected chi connectivity index (χ4v) is 2.17. The quantitative estimate of drug-likeness (QED) is 0.912. The second-order valence-electron chi connectivity index (χ2n) is 5.43. The lowest BCUT2D eigenvalue weighted by molar-refractivity contribution is -0.122. The molecule has 1 fully saturated rings. The van der Waals surface area contributed by atoms with E-state index in [4.69, 9.17) is 0 Å². The maximum Gasteiger partial charge on any atom is 0.267 e. The standard InChI is InChI=1S/C16H16FN3O2/c17-13-5-1-11(2-6-13)9-18-15(21)10-20-16(22)8-7-14(19-20)12-3-4-12/h1-2,5-8,12H,3-4,9-10H2,(H,18,21). The van der Waals surface area contributed by atoms with E-state index in [0.717, 1.165) is 24.1 Å². The van der Waals surface area contributed by atoms with E-state index in [9.17, 15) is 14.0 Å². The molecule has 1 aliphatic carbocycles. The summed E-state index contributed by atoms with van der Waals surface area (Å²) in [5.41, 5.74) is 1.37. The van der Waals surface area contributed by atoms with Gasteiger partial charge >= 0.3 is 0 Å². The number of carbonyl (C=O) groups excluding carboxylic acids is 1. The van der Waals surface area contributed by atoms with Gasteiger partial charge in [0.2, 0.25) is 5.91 Å². The minimum absolute atomic E-state index is 0.111. The molecular formula is C16H16FN3O2. The Hall–Kier alpha value is -2.50. The summed E-state index contributed by atoms with van der Waals surface area (Å²) < 4.78 is 14.0. The predicted molar refractivity (Wildman–Crippen MR) is 78.7 cm³/mol. The van der Waals surface area contributed by atoms with Crippen LogP contribution >= 0.6 is 0 Å². The van der Waals surface area contributed by atoms with Gasteiger partial charge in [-0.1, -0.05) is 12.1 Å². The average molecular weight is 301 g/mol. The highest BCUT2D eigenvalue weighted by Gasteiger charge is 2.25. The van der Waals surface area contributed by atoms with Crippen LogP contribution in [-0.4, -0.2) is 15.7 Å². The van der Waals surface area contributed by atoms with Crippen LogP contribution in [0.4, 0.5) is 4.39 Å². The van der Waals surface area contributed by atoms with Gasteiger partial charge in [-0.15, -0.1) is 0 Å². The number of benzene rings is 1. The summed E-state index contributed by atoms with van der Waals surface area (Å²) in [6.45, 7) is 0.177. The largest absolute Gasteiger partial charge is 0.350 e. The summed E-state index contributed by atoms with van der Waals surface area (Å²) in [6.07, 6.45) is 2.17. The molecule has 0 saturated heterocycles. The number of amides is 1. The van der Waals surface area contributed by atoms with Gasteiger partial charge in [0, 0.05) is 18.5 Å². The van der Waals surface area contributed by atoms with Crippen LogP contribution in [0.5, 0.6) is 0 Å². The Morgan fingerprint density at radius 1 is 1.23 bits per heavy atom. The Labute approximate surface area is 126 Å². The van der Waals surface area contributed by atoms with Crippen molar-refractivity contribution in [3.8, 4) is 0 Å². The summed E-state index contributed by atoms with van der Waals surface area (Å²) in [4.78, 5) is 23.7. The second kappa shape index (κ2) is 6.09. The molecule has 22 heavy (non-hydrogen) atoms. The number of hydrogen-bond donors (Lipinski definition) is 1. The summed E-state index contributed by atoms with van der Waals surface area (Å²) in [6, 6.07) is 9.07. The van der Waals surface area contributed by atoms with Gasteiger partial charge in [0.05, 0.1) is 5.69 Å². The zero-order valence-electron chi connectivity index (χ0n) is 12.0. The normalized spacial score (nSPS) is 13.9. The van der Waals surface area contributed by atoms with Crippen molar-refractivity contribution >= 4 is 5.91 Å². The maximum absolute atomic E-state index is 12.8. The van der Waals surface area contributed by atoms with Gasteiger partial charge in [-0.2, -0.15) is 5.10 Å². The molecule has 0 spiro atoms.